The molecule has 0 radical (unpaired) electrons. The average molecular weight is 368 g/mol. The summed E-state index contributed by atoms with van der Waals surface area (Å²) >= 11 is 0. The van der Waals surface area contributed by atoms with Crippen molar-refractivity contribution in [2.24, 2.45) is 11.8 Å². The van der Waals surface area contributed by atoms with E-state index in [9.17, 15) is 9.18 Å². The van der Waals surface area contributed by atoms with E-state index in [2.05, 4.69) is 24.4 Å². The van der Waals surface area contributed by atoms with Gasteiger partial charge in [-0.15, -0.1) is 0 Å². The van der Waals surface area contributed by atoms with Gasteiger partial charge in [-0.05, 0) is 48.6 Å². The van der Waals surface area contributed by atoms with Gasteiger partial charge in [-0.3, -0.25) is 4.79 Å². The molecule has 1 N–H and O–H groups in total. The van der Waals surface area contributed by atoms with E-state index in [1.54, 1.807) is 6.07 Å². The van der Waals surface area contributed by atoms with Crippen molar-refractivity contribution in [1.82, 2.24) is 10.2 Å². The quantitative estimate of drug-likeness (QED) is 0.892. The van der Waals surface area contributed by atoms with Crippen LogP contribution < -0.4 is 5.32 Å². The van der Waals surface area contributed by atoms with Crippen molar-refractivity contribution in [3.8, 4) is 0 Å². The normalized spacial score (nSPS) is 32.4. The second kappa shape index (κ2) is 6.48. The molecule has 2 aromatic rings. The Kier molecular flexibility index (Phi) is 4.08. The van der Waals surface area contributed by atoms with Gasteiger partial charge in [-0.25, -0.2) is 4.39 Å². The molecule has 3 aliphatic rings. The summed E-state index contributed by atoms with van der Waals surface area (Å²) in [6, 6.07) is 10.6. The number of nitrogens with zero attached hydrogens (tertiary/aromatic N) is 1. The first-order valence-corrected chi connectivity index (χ1v) is 9.98. The lowest BCUT2D eigenvalue weighted by Crippen LogP contribution is -2.49. The Balaban J connectivity index is 1.30. The first-order chi connectivity index (χ1) is 13.1. The molecule has 3 fully saturated rings. The fraction of sp³-hybridized carbons (Fsp3) is 0.500. The molecular weight excluding hydrogens is 343 g/mol. The third-order valence-corrected chi connectivity index (χ3v) is 6.36. The summed E-state index contributed by atoms with van der Waals surface area (Å²) in [5, 5.41) is 3.33. The first kappa shape index (κ1) is 17.0. The van der Waals surface area contributed by atoms with Gasteiger partial charge in [-0.1, -0.05) is 19.1 Å². The van der Waals surface area contributed by atoms with E-state index < -0.39 is 0 Å². The minimum absolute atomic E-state index is 0.00483. The second-order valence-corrected chi connectivity index (χ2v) is 8.31. The predicted molar refractivity (Wildman–Crippen MR) is 99.8 cm³/mol. The van der Waals surface area contributed by atoms with Crippen LogP contribution in [0.25, 0.3) is 0 Å². The molecule has 5 atom stereocenters. The molecule has 4 nitrogen and oxygen atoms in total. The van der Waals surface area contributed by atoms with Crippen LogP contribution in [0.5, 0.6) is 0 Å². The molecule has 142 valence electrons. The van der Waals surface area contributed by atoms with Crippen LogP contribution in [0.4, 0.5) is 4.39 Å². The van der Waals surface area contributed by atoms with Crippen LogP contribution in [0.2, 0.25) is 0 Å². The Hall–Kier alpha value is -2.14. The van der Waals surface area contributed by atoms with E-state index in [0.717, 1.165) is 30.0 Å². The monoisotopic (exact) mass is 368 g/mol. The van der Waals surface area contributed by atoms with E-state index in [-0.39, 0.29) is 29.6 Å². The predicted octanol–water partition coefficient (Wildman–Crippen LogP) is 3.82. The lowest BCUT2D eigenvalue weighted by Gasteiger charge is -2.37. The molecule has 5 rings (SSSR count). The van der Waals surface area contributed by atoms with Gasteiger partial charge < -0.3 is 14.6 Å². The highest BCUT2D eigenvalue weighted by Gasteiger charge is 2.49. The van der Waals surface area contributed by atoms with Gasteiger partial charge in [0.1, 0.15) is 17.3 Å². The number of hydrogen-bond donors (Lipinski definition) is 1. The van der Waals surface area contributed by atoms with Crippen molar-refractivity contribution in [2.75, 3.05) is 19.6 Å². The van der Waals surface area contributed by atoms with Gasteiger partial charge in [0, 0.05) is 37.4 Å². The largest absolute Gasteiger partial charge is 0.465 e. The fourth-order valence-electron chi connectivity index (χ4n) is 4.46. The van der Waals surface area contributed by atoms with Gasteiger partial charge in [0.05, 0.1) is 6.04 Å². The molecule has 27 heavy (non-hydrogen) atoms. The van der Waals surface area contributed by atoms with Crippen LogP contribution in [0, 0.1) is 17.7 Å². The second-order valence-electron chi connectivity index (χ2n) is 8.31. The van der Waals surface area contributed by atoms with Crippen molar-refractivity contribution in [3.05, 3.63) is 59.3 Å². The van der Waals surface area contributed by atoms with E-state index in [1.165, 1.54) is 18.6 Å². The minimum Gasteiger partial charge on any atom is -0.465 e. The standard InChI is InChI=1S/C22H25FN2O2/c1-13-9-16(13)20-5-6-21(27-20)17-11-18(17)22(26)25-8-7-24-12-19(25)14-3-2-4-15(23)10-14/h2-6,10,13,16-19,24H,7-9,11-12H2,1H3. The molecule has 1 saturated heterocycles. The lowest BCUT2D eigenvalue weighted by molar-refractivity contribution is -0.136. The van der Waals surface area contributed by atoms with Crippen LogP contribution in [-0.4, -0.2) is 30.4 Å². The Morgan fingerprint density at radius 3 is 2.70 bits per heavy atom. The number of carbonyl (C=O) groups is 1. The van der Waals surface area contributed by atoms with Crippen molar-refractivity contribution < 1.29 is 13.6 Å². The molecule has 5 unspecified atom stereocenters. The Morgan fingerprint density at radius 1 is 1.19 bits per heavy atom. The summed E-state index contributed by atoms with van der Waals surface area (Å²) in [7, 11) is 0. The summed E-state index contributed by atoms with van der Waals surface area (Å²) in [6.45, 7) is 4.34. The van der Waals surface area contributed by atoms with Gasteiger partial charge >= 0.3 is 0 Å². The SMILES string of the molecule is CC1CC1c1ccc(C2CC2C(=O)N2CCNCC2c2cccc(F)c2)o1. The summed E-state index contributed by atoms with van der Waals surface area (Å²) in [6.07, 6.45) is 2.06. The average Bonchev–Trinajstić information content (AvgIpc) is 3.58. The zero-order valence-corrected chi connectivity index (χ0v) is 15.5. The zero-order chi connectivity index (χ0) is 18.5. The molecule has 2 saturated carbocycles. The van der Waals surface area contributed by atoms with Crippen LogP contribution in [0.1, 0.15) is 54.7 Å². The van der Waals surface area contributed by atoms with E-state index in [0.29, 0.717) is 24.9 Å². The van der Waals surface area contributed by atoms with Gasteiger partial charge in [0.15, 0.2) is 0 Å². The number of hydrogen-bond acceptors (Lipinski definition) is 3. The van der Waals surface area contributed by atoms with Crippen molar-refractivity contribution in [1.29, 1.82) is 0 Å². The number of carbonyl (C=O) groups excluding carboxylic acids is 1. The maximum atomic E-state index is 13.7. The summed E-state index contributed by atoms with van der Waals surface area (Å²) in [5.74, 6) is 3.43. The summed E-state index contributed by atoms with van der Waals surface area (Å²) < 4.78 is 19.7. The Labute approximate surface area is 158 Å². The highest BCUT2D eigenvalue weighted by Crippen LogP contribution is 2.52. The van der Waals surface area contributed by atoms with E-state index >= 15 is 0 Å². The topological polar surface area (TPSA) is 45.5 Å². The molecule has 2 heterocycles. The molecule has 0 spiro atoms. The molecule has 2 aliphatic carbocycles. The number of benzene rings is 1. The molecule has 5 heteroatoms. The number of nitrogens with one attached hydrogen (secondary N) is 1. The third kappa shape index (κ3) is 3.18. The highest BCUT2D eigenvalue weighted by atomic mass is 19.1. The number of amides is 1. The Morgan fingerprint density at radius 2 is 1.96 bits per heavy atom. The van der Waals surface area contributed by atoms with E-state index in [4.69, 9.17) is 4.42 Å². The number of halogens is 1. The summed E-state index contributed by atoms with van der Waals surface area (Å²) in [4.78, 5) is 15.1. The first-order valence-electron chi connectivity index (χ1n) is 9.98. The highest BCUT2D eigenvalue weighted by molar-refractivity contribution is 5.83. The number of piperazine rings is 1. The third-order valence-electron chi connectivity index (χ3n) is 6.36. The zero-order valence-electron chi connectivity index (χ0n) is 15.5. The molecular formula is C22H25FN2O2. The summed E-state index contributed by atoms with van der Waals surface area (Å²) in [5.41, 5.74) is 0.857. The van der Waals surface area contributed by atoms with E-state index in [1.807, 2.05) is 11.0 Å². The lowest BCUT2D eigenvalue weighted by atomic mass is 10.0. The molecule has 0 bridgehead atoms. The molecule has 1 aromatic carbocycles. The van der Waals surface area contributed by atoms with Crippen LogP contribution >= 0.6 is 0 Å². The van der Waals surface area contributed by atoms with Crippen LogP contribution in [0.3, 0.4) is 0 Å². The maximum absolute atomic E-state index is 13.7. The van der Waals surface area contributed by atoms with Crippen molar-refractivity contribution >= 4 is 5.91 Å². The smallest absolute Gasteiger partial charge is 0.227 e. The molecule has 1 aromatic heterocycles. The van der Waals surface area contributed by atoms with Crippen LogP contribution in [0.15, 0.2) is 40.8 Å². The number of furan rings is 1. The molecule has 1 aliphatic heterocycles. The van der Waals surface area contributed by atoms with Gasteiger partial charge in [0.25, 0.3) is 0 Å². The van der Waals surface area contributed by atoms with Crippen molar-refractivity contribution in [2.45, 2.75) is 37.6 Å². The Bertz CT molecular complexity index is 864. The van der Waals surface area contributed by atoms with Gasteiger partial charge in [0.2, 0.25) is 5.91 Å². The van der Waals surface area contributed by atoms with Crippen molar-refractivity contribution in [3.63, 3.8) is 0 Å². The van der Waals surface area contributed by atoms with Crippen LogP contribution in [-0.2, 0) is 4.79 Å². The number of rotatable bonds is 4. The fourth-order valence-corrected chi connectivity index (χ4v) is 4.46. The maximum Gasteiger partial charge on any atom is 0.227 e. The minimum atomic E-state index is -0.257. The van der Waals surface area contributed by atoms with Gasteiger partial charge in [-0.2, -0.15) is 0 Å². The molecule has 1 amide bonds.